The van der Waals surface area contributed by atoms with Crippen LogP contribution in [0.5, 0.6) is 5.75 Å². The molecule has 1 saturated heterocycles. The summed E-state index contributed by atoms with van der Waals surface area (Å²) in [4.78, 5) is 21.5. The van der Waals surface area contributed by atoms with Gasteiger partial charge in [-0.2, -0.15) is 4.98 Å². The predicted molar refractivity (Wildman–Crippen MR) is 115 cm³/mol. The van der Waals surface area contributed by atoms with E-state index >= 15 is 0 Å². The summed E-state index contributed by atoms with van der Waals surface area (Å²) in [7, 11) is 0. The fourth-order valence-electron chi connectivity index (χ4n) is 3.52. The van der Waals surface area contributed by atoms with Crippen molar-refractivity contribution in [2.24, 2.45) is 0 Å². The number of hydrogen-bond donors (Lipinski definition) is 1. The van der Waals surface area contributed by atoms with Gasteiger partial charge in [0, 0.05) is 0 Å². The molecule has 2 heterocycles. The van der Waals surface area contributed by atoms with Crippen molar-refractivity contribution >= 4 is 17.9 Å². The summed E-state index contributed by atoms with van der Waals surface area (Å²) < 4.78 is 67.2. The minimum absolute atomic E-state index is 0.00924. The van der Waals surface area contributed by atoms with E-state index in [1.165, 1.54) is 18.2 Å². The van der Waals surface area contributed by atoms with Gasteiger partial charge in [0.25, 0.3) is 0 Å². The third-order valence-electron chi connectivity index (χ3n) is 4.88. The van der Waals surface area contributed by atoms with Crippen LogP contribution < -0.4 is 15.0 Å². The first-order valence-corrected chi connectivity index (χ1v) is 10.5. The third-order valence-corrected chi connectivity index (χ3v) is 4.88. The van der Waals surface area contributed by atoms with Crippen molar-refractivity contribution in [3.05, 3.63) is 41.8 Å². The zero-order chi connectivity index (χ0) is 25.3. The Kier molecular flexibility index (Phi) is 7.20. The first-order valence-electron chi connectivity index (χ1n) is 10.5. The maximum atomic E-state index is 14.7. The van der Waals surface area contributed by atoms with Crippen LogP contribution in [0, 0.1) is 5.82 Å². The maximum Gasteiger partial charge on any atom is 0.573 e. The van der Waals surface area contributed by atoms with Gasteiger partial charge in [-0.15, -0.1) is 13.2 Å². The second kappa shape index (κ2) is 9.61. The van der Waals surface area contributed by atoms with Crippen LogP contribution in [0.4, 0.5) is 34.1 Å². The zero-order valence-corrected chi connectivity index (χ0v) is 19.3. The highest BCUT2D eigenvalue weighted by Gasteiger charge is 2.42. The Balaban J connectivity index is 1.82. The average molecular weight is 486 g/mol. The van der Waals surface area contributed by atoms with Crippen LogP contribution in [0.1, 0.15) is 46.2 Å². The molecule has 0 radical (unpaired) electrons. The van der Waals surface area contributed by atoms with Crippen molar-refractivity contribution in [3.63, 3.8) is 0 Å². The zero-order valence-electron chi connectivity index (χ0n) is 19.3. The number of nitrogens with one attached hydrogen (secondary N) is 1. The van der Waals surface area contributed by atoms with Crippen LogP contribution in [0.15, 0.2) is 30.5 Å². The monoisotopic (exact) mass is 486 g/mol. The minimum atomic E-state index is -4.82. The Bertz CT molecular complexity index is 1030. The molecule has 1 amide bonds. The first-order chi connectivity index (χ1) is 15.7. The van der Waals surface area contributed by atoms with Gasteiger partial charge in [-0.1, -0.05) is 12.1 Å². The molecule has 186 valence electrons. The molecule has 1 N–H and O–H groups in total. The van der Waals surface area contributed by atoms with Crippen molar-refractivity contribution in [2.75, 3.05) is 16.8 Å². The van der Waals surface area contributed by atoms with Crippen molar-refractivity contribution in [3.8, 4) is 5.75 Å². The SMILES string of the molecule is C[C@H](Nc1ncc(F)c(N2C(=O)OCC2[C@@H](C)OC(C)(C)C)n1)c1cccc(OC(F)(F)F)c1. The van der Waals surface area contributed by atoms with E-state index < -0.39 is 42.1 Å². The molecule has 1 aromatic heterocycles. The molecule has 1 aromatic carbocycles. The van der Waals surface area contributed by atoms with E-state index in [9.17, 15) is 22.4 Å². The topological polar surface area (TPSA) is 85.8 Å². The second-order valence-electron chi connectivity index (χ2n) is 8.80. The lowest BCUT2D eigenvalue weighted by Gasteiger charge is -2.31. The van der Waals surface area contributed by atoms with Gasteiger partial charge in [0.15, 0.2) is 11.6 Å². The Morgan fingerprint density at radius 3 is 2.59 bits per heavy atom. The van der Waals surface area contributed by atoms with E-state index in [2.05, 4.69) is 20.0 Å². The number of cyclic esters (lactones) is 1. The standard InChI is InChI=1S/C22H26F4N4O4/c1-12(14-7-6-8-15(9-14)34-22(24,25)26)28-19-27-10-16(23)18(29-19)30-17(11-32-20(30)31)13(2)33-21(3,4)5/h6-10,12-13,17H,11H2,1-5H3,(H,27,28,29)/t12-,13+,17?/m0/s1. The van der Waals surface area contributed by atoms with Crippen LogP contribution in [0.3, 0.4) is 0 Å². The summed E-state index contributed by atoms with van der Waals surface area (Å²) >= 11 is 0. The van der Waals surface area contributed by atoms with Crippen LogP contribution in [0.25, 0.3) is 0 Å². The summed E-state index contributed by atoms with van der Waals surface area (Å²) in [5, 5.41) is 2.90. The normalized spacial score (nSPS) is 18.4. The number of carbonyl (C=O) groups excluding carboxylic acids is 1. The Morgan fingerprint density at radius 2 is 1.94 bits per heavy atom. The summed E-state index contributed by atoms with van der Waals surface area (Å²) in [6.07, 6.45) is -5.19. The highest BCUT2D eigenvalue weighted by atomic mass is 19.4. The number of amides is 1. The highest BCUT2D eigenvalue weighted by molar-refractivity contribution is 5.89. The number of hydrogen-bond acceptors (Lipinski definition) is 7. The number of rotatable bonds is 7. The van der Waals surface area contributed by atoms with Gasteiger partial charge >= 0.3 is 12.5 Å². The first kappa shape index (κ1) is 25.5. The molecule has 12 heteroatoms. The third kappa shape index (κ3) is 6.46. The number of carbonyl (C=O) groups is 1. The molecule has 3 atom stereocenters. The van der Waals surface area contributed by atoms with Gasteiger partial charge < -0.3 is 19.5 Å². The van der Waals surface area contributed by atoms with E-state index in [4.69, 9.17) is 9.47 Å². The van der Waals surface area contributed by atoms with Gasteiger partial charge in [0.05, 0.1) is 23.9 Å². The summed E-state index contributed by atoms with van der Waals surface area (Å²) in [6.45, 7) is 8.97. The molecule has 0 saturated carbocycles. The molecule has 8 nitrogen and oxygen atoms in total. The summed E-state index contributed by atoms with van der Waals surface area (Å²) in [5.74, 6) is -1.55. The van der Waals surface area contributed by atoms with Gasteiger partial charge in [-0.05, 0) is 52.3 Å². The van der Waals surface area contributed by atoms with E-state index in [-0.39, 0.29) is 24.1 Å². The predicted octanol–water partition coefficient (Wildman–Crippen LogP) is 5.22. The summed E-state index contributed by atoms with van der Waals surface area (Å²) in [6, 6.07) is 4.19. The molecule has 34 heavy (non-hydrogen) atoms. The molecule has 1 unspecified atom stereocenters. The Hall–Kier alpha value is -3.15. The van der Waals surface area contributed by atoms with Gasteiger partial charge in [0.1, 0.15) is 18.4 Å². The number of anilines is 2. The quantitative estimate of drug-likeness (QED) is 0.538. The molecule has 0 spiro atoms. The van der Waals surface area contributed by atoms with Gasteiger partial charge in [-0.25, -0.2) is 19.1 Å². The number of nitrogens with zero attached hydrogens (tertiary/aromatic N) is 3. The summed E-state index contributed by atoms with van der Waals surface area (Å²) in [5.41, 5.74) is -0.0603. The van der Waals surface area contributed by atoms with Crippen molar-refractivity contribution in [2.45, 2.75) is 64.8 Å². The van der Waals surface area contributed by atoms with Crippen molar-refractivity contribution in [1.82, 2.24) is 9.97 Å². The molecule has 3 rings (SSSR count). The number of benzene rings is 1. The fourth-order valence-corrected chi connectivity index (χ4v) is 3.52. The Morgan fingerprint density at radius 1 is 1.24 bits per heavy atom. The lowest BCUT2D eigenvalue weighted by molar-refractivity contribution is -0.274. The smallest absolute Gasteiger partial charge is 0.447 e. The molecule has 0 bridgehead atoms. The molecule has 1 aliphatic rings. The van der Waals surface area contributed by atoms with E-state index in [0.717, 1.165) is 11.1 Å². The number of halogens is 4. The molecule has 1 fully saturated rings. The number of ether oxygens (including phenoxy) is 3. The largest absolute Gasteiger partial charge is 0.573 e. The molecule has 1 aliphatic heterocycles. The van der Waals surface area contributed by atoms with Crippen LogP contribution >= 0.6 is 0 Å². The molecule has 0 aliphatic carbocycles. The van der Waals surface area contributed by atoms with E-state index in [1.54, 1.807) is 19.9 Å². The van der Waals surface area contributed by atoms with E-state index in [1.807, 2.05) is 20.8 Å². The van der Waals surface area contributed by atoms with Crippen LogP contribution in [0.2, 0.25) is 0 Å². The number of aromatic nitrogens is 2. The molecular formula is C22H26F4N4O4. The highest BCUT2D eigenvalue weighted by Crippen LogP contribution is 2.30. The minimum Gasteiger partial charge on any atom is -0.447 e. The van der Waals surface area contributed by atoms with Crippen LogP contribution in [-0.4, -0.2) is 46.8 Å². The van der Waals surface area contributed by atoms with Crippen LogP contribution in [-0.2, 0) is 9.47 Å². The molecular weight excluding hydrogens is 460 g/mol. The lowest BCUT2D eigenvalue weighted by Crippen LogP contribution is -2.45. The average Bonchev–Trinajstić information content (AvgIpc) is 3.08. The van der Waals surface area contributed by atoms with Gasteiger partial charge in [0.2, 0.25) is 5.95 Å². The van der Waals surface area contributed by atoms with E-state index in [0.29, 0.717) is 5.56 Å². The van der Waals surface area contributed by atoms with Crippen molar-refractivity contribution < 1.29 is 36.6 Å². The molecule has 2 aromatic rings. The Labute approximate surface area is 194 Å². The lowest BCUT2D eigenvalue weighted by atomic mass is 10.1. The maximum absolute atomic E-state index is 14.7. The van der Waals surface area contributed by atoms with Crippen molar-refractivity contribution in [1.29, 1.82) is 0 Å². The second-order valence-corrected chi connectivity index (χ2v) is 8.80. The fraction of sp³-hybridized carbons (Fsp3) is 0.500. The van der Waals surface area contributed by atoms with Gasteiger partial charge in [-0.3, -0.25) is 0 Å². The number of alkyl halides is 3.